The number of hydrogen-bond acceptors (Lipinski definition) is 3. The van der Waals surface area contributed by atoms with Crippen molar-refractivity contribution in [3.63, 3.8) is 0 Å². The standard InChI is InChI=1S/C26H43N2O3/c1-5-27(6-2)24(31)28(15-8-16-29)18-20-21-9-7-12-25(21,3)13-11-22(20)26(4)14-10-19(30)17-23(26)28/h17,20-22,29H,5-16,18H2,1-4H3/q+1/t20-,21-,22-,25-,26+,28?/m0/s1. The number of hydrogen-bond donors (Lipinski definition) is 1. The number of aliphatic hydroxyl groups is 1. The largest absolute Gasteiger partial charge is 0.424 e. The van der Waals surface area contributed by atoms with Crippen LogP contribution in [0.5, 0.6) is 0 Å². The molecule has 0 aromatic rings. The summed E-state index contributed by atoms with van der Waals surface area (Å²) in [4.78, 5) is 28.8. The van der Waals surface area contributed by atoms with Gasteiger partial charge in [-0.05, 0) is 63.2 Å². The molecule has 2 amide bonds. The Kier molecular flexibility index (Phi) is 6.15. The maximum Gasteiger partial charge on any atom is 0.424 e. The molecule has 3 aliphatic carbocycles. The number of quaternary nitrogens is 1. The highest BCUT2D eigenvalue weighted by Crippen LogP contribution is 2.65. The Hall–Kier alpha value is -1.20. The van der Waals surface area contributed by atoms with Crippen molar-refractivity contribution < 1.29 is 19.2 Å². The van der Waals surface area contributed by atoms with Crippen molar-refractivity contribution in [1.29, 1.82) is 0 Å². The van der Waals surface area contributed by atoms with Gasteiger partial charge in [-0.2, -0.15) is 0 Å². The number of fused-ring (bicyclic) bond motifs is 5. The molecule has 1 aliphatic heterocycles. The van der Waals surface area contributed by atoms with Gasteiger partial charge in [-0.3, -0.25) is 9.69 Å². The van der Waals surface area contributed by atoms with Gasteiger partial charge >= 0.3 is 6.03 Å². The number of aliphatic hydroxyl groups excluding tert-OH is 1. The van der Waals surface area contributed by atoms with Crippen molar-refractivity contribution in [1.82, 2.24) is 4.90 Å². The quantitative estimate of drug-likeness (QED) is 0.639. The molecule has 0 bridgehead atoms. The predicted octanol–water partition coefficient (Wildman–Crippen LogP) is 4.75. The Morgan fingerprint density at radius 1 is 1.16 bits per heavy atom. The lowest BCUT2D eigenvalue weighted by molar-refractivity contribution is -0.836. The van der Waals surface area contributed by atoms with Gasteiger partial charge in [0.25, 0.3) is 0 Å². The summed E-state index contributed by atoms with van der Waals surface area (Å²) in [5.74, 6) is 1.94. The van der Waals surface area contributed by atoms with Crippen LogP contribution in [0, 0.1) is 28.6 Å². The van der Waals surface area contributed by atoms with E-state index in [0.717, 1.165) is 18.7 Å². The van der Waals surface area contributed by atoms with Crippen molar-refractivity contribution in [2.75, 3.05) is 32.8 Å². The number of nitrogens with zero attached hydrogens (tertiary/aromatic N) is 2. The summed E-state index contributed by atoms with van der Waals surface area (Å²) in [6.07, 6.45) is 10.3. The molecule has 3 fully saturated rings. The van der Waals surface area contributed by atoms with Crippen LogP contribution in [0.1, 0.15) is 79.1 Å². The number of urea groups is 1. The Labute approximate surface area is 188 Å². The smallest absolute Gasteiger partial charge is 0.396 e. The Morgan fingerprint density at radius 2 is 1.90 bits per heavy atom. The van der Waals surface area contributed by atoms with E-state index in [9.17, 15) is 14.7 Å². The second-order valence-corrected chi connectivity index (χ2v) is 11.3. The van der Waals surface area contributed by atoms with Gasteiger partial charge in [0.15, 0.2) is 5.78 Å². The molecule has 5 nitrogen and oxygen atoms in total. The van der Waals surface area contributed by atoms with Gasteiger partial charge in [0.05, 0.1) is 13.1 Å². The number of ketones is 1. The zero-order valence-corrected chi connectivity index (χ0v) is 20.2. The van der Waals surface area contributed by atoms with E-state index in [2.05, 4.69) is 13.8 Å². The maximum atomic E-state index is 14.2. The number of amides is 2. The monoisotopic (exact) mass is 431 g/mol. The van der Waals surface area contributed by atoms with Crippen LogP contribution in [0.4, 0.5) is 4.79 Å². The topological polar surface area (TPSA) is 57.6 Å². The van der Waals surface area contributed by atoms with Crippen molar-refractivity contribution >= 4 is 11.8 Å². The molecule has 0 aromatic heterocycles. The zero-order valence-electron chi connectivity index (χ0n) is 20.2. The minimum atomic E-state index is -0.0982. The van der Waals surface area contributed by atoms with Gasteiger partial charge in [0.2, 0.25) is 0 Å². The number of piperidine rings is 1. The van der Waals surface area contributed by atoms with E-state index in [-0.39, 0.29) is 28.3 Å². The predicted molar refractivity (Wildman–Crippen MR) is 122 cm³/mol. The maximum absolute atomic E-state index is 14.2. The first-order valence-electron chi connectivity index (χ1n) is 12.8. The molecule has 0 spiro atoms. The number of carbonyl (C=O) groups excluding carboxylic acids is 2. The van der Waals surface area contributed by atoms with E-state index in [4.69, 9.17) is 0 Å². The Bertz CT molecular complexity index is 760. The molecule has 4 rings (SSSR count). The second kappa shape index (κ2) is 8.30. The fourth-order valence-corrected chi connectivity index (χ4v) is 8.27. The van der Waals surface area contributed by atoms with E-state index in [0.29, 0.717) is 55.6 Å². The first-order valence-corrected chi connectivity index (χ1v) is 12.8. The molecule has 1 saturated heterocycles. The molecule has 1 heterocycles. The summed E-state index contributed by atoms with van der Waals surface area (Å²) in [5, 5.41) is 9.76. The summed E-state index contributed by atoms with van der Waals surface area (Å²) in [5.41, 5.74) is 1.38. The fourth-order valence-electron chi connectivity index (χ4n) is 8.27. The van der Waals surface area contributed by atoms with Gasteiger partial charge in [-0.25, -0.2) is 9.28 Å². The van der Waals surface area contributed by atoms with Crippen LogP contribution in [-0.2, 0) is 4.79 Å². The van der Waals surface area contributed by atoms with Crippen molar-refractivity contribution in [2.45, 2.75) is 79.1 Å². The highest BCUT2D eigenvalue weighted by molar-refractivity contribution is 5.91. The van der Waals surface area contributed by atoms with E-state index in [1.807, 2.05) is 24.8 Å². The van der Waals surface area contributed by atoms with Crippen molar-refractivity contribution in [3.05, 3.63) is 11.8 Å². The van der Waals surface area contributed by atoms with Crippen LogP contribution in [0.2, 0.25) is 0 Å². The summed E-state index contributed by atoms with van der Waals surface area (Å²) in [6, 6.07) is 0.148. The molecule has 2 saturated carbocycles. The summed E-state index contributed by atoms with van der Waals surface area (Å²) >= 11 is 0. The minimum Gasteiger partial charge on any atom is -0.396 e. The second-order valence-electron chi connectivity index (χ2n) is 11.3. The third-order valence-corrected chi connectivity index (χ3v) is 9.89. The molecule has 174 valence electrons. The first-order chi connectivity index (χ1) is 14.8. The molecular weight excluding hydrogens is 388 g/mol. The van der Waals surface area contributed by atoms with Gasteiger partial charge in [0, 0.05) is 49.9 Å². The van der Waals surface area contributed by atoms with Gasteiger partial charge in [0.1, 0.15) is 5.70 Å². The summed E-state index contributed by atoms with van der Waals surface area (Å²) in [7, 11) is 0. The third kappa shape index (κ3) is 3.42. The third-order valence-electron chi connectivity index (χ3n) is 9.89. The van der Waals surface area contributed by atoms with Crippen LogP contribution >= 0.6 is 0 Å². The zero-order chi connectivity index (χ0) is 22.4. The van der Waals surface area contributed by atoms with E-state index < -0.39 is 0 Å². The molecule has 1 N–H and O–H groups in total. The lowest BCUT2D eigenvalue weighted by Crippen LogP contribution is -2.69. The van der Waals surface area contributed by atoms with Crippen molar-refractivity contribution in [3.8, 4) is 0 Å². The highest BCUT2D eigenvalue weighted by Gasteiger charge is 2.65. The minimum absolute atomic E-state index is 0.0821. The van der Waals surface area contributed by atoms with Gasteiger partial charge in [-0.1, -0.05) is 20.3 Å². The Balaban J connectivity index is 1.87. The number of allylic oxidation sites excluding steroid dienone is 2. The fraction of sp³-hybridized carbons (Fsp3) is 0.846. The molecule has 0 radical (unpaired) electrons. The molecule has 4 aliphatic rings. The average molecular weight is 432 g/mol. The van der Waals surface area contributed by atoms with Gasteiger partial charge in [-0.15, -0.1) is 0 Å². The van der Waals surface area contributed by atoms with E-state index in [1.54, 1.807) is 0 Å². The Morgan fingerprint density at radius 3 is 2.58 bits per heavy atom. The number of carbonyl (C=O) groups is 2. The number of likely N-dealkylation sites (tertiary alicyclic amines) is 1. The molecule has 0 aromatic carbocycles. The number of rotatable bonds is 5. The molecule has 5 heteroatoms. The van der Waals surface area contributed by atoms with Crippen LogP contribution < -0.4 is 0 Å². The van der Waals surface area contributed by atoms with Crippen molar-refractivity contribution in [2.24, 2.45) is 28.6 Å². The van der Waals surface area contributed by atoms with Crippen LogP contribution in [-0.4, -0.2) is 59.1 Å². The van der Waals surface area contributed by atoms with E-state index >= 15 is 0 Å². The summed E-state index contributed by atoms with van der Waals surface area (Å²) in [6.45, 7) is 11.8. The average Bonchev–Trinajstić information content (AvgIpc) is 3.15. The summed E-state index contributed by atoms with van der Waals surface area (Å²) < 4.78 is 0.276. The lowest BCUT2D eigenvalue weighted by atomic mass is 9.50. The highest BCUT2D eigenvalue weighted by atomic mass is 16.3. The van der Waals surface area contributed by atoms with Gasteiger partial charge < -0.3 is 5.11 Å². The van der Waals surface area contributed by atoms with Crippen LogP contribution in [0.25, 0.3) is 0 Å². The van der Waals surface area contributed by atoms with E-state index in [1.165, 1.54) is 32.1 Å². The molecular formula is C26H43N2O3+. The molecule has 31 heavy (non-hydrogen) atoms. The lowest BCUT2D eigenvalue weighted by Gasteiger charge is -2.61. The van der Waals surface area contributed by atoms with Crippen LogP contribution in [0.15, 0.2) is 11.8 Å². The van der Waals surface area contributed by atoms with Crippen LogP contribution in [0.3, 0.4) is 0 Å². The normalized spacial score (nSPS) is 41.8. The molecule has 1 unspecified atom stereocenters. The first kappa shape index (κ1) is 23.0. The molecule has 6 atom stereocenters. The SMILES string of the molecule is CCN(CC)C(=O)[N+]1(CCCO)C[C@H]2[C@@H]3CCC[C@@]3(C)CC[C@@H]2[C@@]2(C)CCC(=O)C=C21.